The van der Waals surface area contributed by atoms with Crippen LogP contribution in [-0.2, 0) is 14.8 Å². The third-order valence-corrected chi connectivity index (χ3v) is 5.71. The van der Waals surface area contributed by atoms with Crippen molar-refractivity contribution in [3.63, 3.8) is 0 Å². The Kier molecular flexibility index (Phi) is 4.22. The molecule has 8 heteroatoms. The van der Waals surface area contributed by atoms with Crippen LogP contribution in [0.5, 0.6) is 0 Å². The van der Waals surface area contributed by atoms with Gasteiger partial charge in [-0.05, 0) is 31.0 Å². The predicted octanol–water partition coefficient (Wildman–Crippen LogP) is 0.951. The van der Waals surface area contributed by atoms with Crippen LogP contribution >= 0.6 is 11.6 Å². The fraction of sp³-hybridized carbons (Fsp3) is 0.417. The Morgan fingerprint density at radius 1 is 1.35 bits per heavy atom. The minimum Gasteiger partial charge on any atom is -0.399 e. The Bertz CT molecular complexity index is 633. The van der Waals surface area contributed by atoms with Crippen molar-refractivity contribution < 1.29 is 13.2 Å². The van der Waals surface area contributed by atoms with Gasteiger partial charge in [0.1, 0.15) is 10.9 Å². The third kappa shape index (κ3) is 2.74. The van der Waals surface area contributed by atoms with Crippen LogP contribution in [0.1, 0.15) is 19.3 Å². The number of hydrogen-bond donors (Lipinski definition) is 2. The van der Waals surface area contributed by atoms with Crippen molar-refractivity contribution in [2.45, 2.75) is 30.2 Å². The molecule has 1 aromatic carbocycles. The Balaban J connectivity index is 2.47. The predicted molar refractivity (Wildman–Crippen MR) is 76.6 cm³/mol. The zero-order valence-corrected chi connectivity index (χ0v) is 12.3. The highest BCUT2D eigenvalue weighted by Crippen LogP contribution is 2.30. The van der Waals surface area contributed by atoms with E-state index in [1.54, 1.807) is 0 Å². The maximum Gasteiger partial charge on any atom is 0.245 e. The van der Waals surface area contributed by atoms with Crippen LogP contribution in [0, 0.1) is 0 Å². The average Bonchev–Trinajstić information content (AvgIpc) is 2.41. The van der Waals surface area contributed by atoms with E-state index in [9.17, 15) is 13.2 Å². The number of benzene rings is 1. The quantitative estimate of drug-likeness (QED) is 0.809. The molecule has 0 spiro atoms. The number of amides is 1. The summed E-state index contributed by atoms with van der Waals surface area (Å²) in [7, 11) is -3.89. The van der Waals surface area contributed by atoms with Gasteiger partial charge in [-0.3, -0.25) is 4.79 Å². The molecule has 4 N–H and O–H groups in total. The van der Waals surface area contributed by atoms with Crippen LogP contribution in [0.2, 0.25) is 5.02 Å². The molecule has 0 aromatic heterocycles. The maximum atomic E-state index is 12.7. The van der Waals surface area contributed by atoms with E-state index in [1.165, 1.54) is 18.2 Å². The number of hydrogen-bond acceptors (Lipinski definition) is 4. The van der Waals surface area contributed by atoms with Gasteiger partial charge in [0, 0.05) is 12.2 Å². The SMILES string of the molecule is NC(=O)C1CCCCN1S(=O)(=O)c1cc(N)ccc1Cl. The summed E-state index contributed by atoms with van der Waals surface area (Å²) in [6, 6.07) is 3.41. The van der Waals surface area contributed by atoms with Crippen molar-refractivity contribution in [1.29, 1.82) is 0 Å². The van der Waals surface area contributed by atoms with Crippen molar-refractivity contribution >= 4 is 33.2 Å². The molecule has 1 heterocycles. The third-order valence-electron chi connectivity index (χ3n) is 3.32. The van der Waals surface area contributed by atoms with Crippen LogP contribution in [0.25, 0.3) is 0 Å². The van der Waals surface area contributed by atoms with Crippen LogP contribution in [-0.4, -0.2) is 31.2 Å². The lowest BCUT2D eigenvalue weighted by Crippen LogP contribution is -2.50. The zero-order valence-electron chi connectivity index (χ0n) is 10.8. The number of nitrogens with zero attached hydrogens (tertiary/aromatic N) is 1. The standard InChI is InChI=1S/C12H16ClN3O3S/c13-9-5-4-8(14)7-11(9)20(18,19)16-6-2-1-3-10(16)12(15)17/h4-5,7,10H,1-3,6,14H2,(H2,15,17). The molecule has 1 amide bonds. The molecule has 1 atom stereocenters. The molecule has 0 aliphatic carbocycles. The van der Waals surface area contributed by atoms with E-state index in [0.29, 0.717) is 18.5 Å². The number of rotatable bonds is 3. The summed E-state index contributed by atoms with van der Waals surface area (Å²) in [6.45, 7) is 0.251. The molecule has 1 aliphatic heterocycles. The molecule has 0 saturated carbocycles. The number of carbonyl (C=O) groups is 1. The van der Waals surface area contributed by atoms with Crippen LogP contribution in [0.3, 0.4) is 0 Å². The highest BCUT2D eigenvalue weighted by molar-refractivity contribution is 7.89. The summed E-state index contributed by atoms with van der Waals surface area (Å²) in [5, 5.41) is 0.0768. The number of primary amides is 1. The molecule has 1 fully saturated rings. The molecule has 0 bridgehead atoms. The number of nitrogens with two attached hydrogens (primary N) is 2. The lowest BCUT2D eigenvalue weighted by Gasteiger charge is -2.32. The number of piperidine rings is 1. The van der Waals surface area contributed by atoms with Gasteiger partial charge in [-0.1, -0.05) is 18.0 Å². The second-order valence-electron chi connectivity index (χ2n) is 4.72. The lowest BCUT2D eigenvalue weighted by atomic mass is 10.0. The van der Waals surface area contributed by atoms with E-state index in [0.717, 1.165) is 10.7 Å². The van der Waals surface area contributed by atoms with Gasteiger partial charge < -0.3 is 11.5 Å². The summed E-state index contributed by atoms with van der Waals surface area (Å²) >= 11 is 5.95. The molecule has 1 aliphatic rings. The summed E-state index contributed by atoms with van der Waals surface area (Å²) in [6.07, 6.45) is 1.88. The van der Waals surface area contributed by atoms with E-state index in [2.05, 4.69) is 0 Å². The smallest absolute Gasteiger partial charge is 0.245 e. The molecule has 1 unspecified atom stereocenters. The molecule has 6 nitrogen and oxygen atoms in total. The minimum absolute atomic E-state index is 0.0768. The fourth-order valence-corrected chi connectivity index (χ4v) is 4.50. The van der Waals surface area contributed by atoms with Crippen molar-refractivity contribution in [3.8, 4) is 0 Å². The normalized spacial score (nSPS) is 20.8. The molecule has 1 saturated heterocycles. The van der Waals surface area contributed by atoms with E-state index < -0.39 is 22.0 Å². The highest BCUT2D eigenvalue weighted by atomic mass is 35.5. The lowest BCUT2D eigenvalue weighted by molar-refractivity contribution is -0.122. The number of anilines is 1. The van der Waals surface area contributed by atoms with Gasteiger partial charge in [-0.2, -0.15) is 4.31 Å². The zero-order chi connectivity index (χ0) is 14.9. The van der Waals surface area contributed by atoms with E-state index in [-0.39, 0.29) is 16.5 Å². The number of sulfonamides is 1. The van der Waals surface area contributed by atoms with Gasteiger partial charge in [0.05, 0.1) is 5.02 Å². The molecule has 0 radical (unpaired) electrons. The van der Waals surface area contributed by atoms with Gasteiger partial charge in [0.2, 0.25) is 15.9 Å². The maximum absolute atomic E-state index is 12.7. The van der Waals surface area contributed by atoms with Crippen molar-refractivity contribution in [1.82, 2.24) is 4.31 Å². The van der Waals surface area contributed by atoms with Crippen molar-refractivity contribution in [2.75, 3.05) is 12.3 Å². The Morgan fingerprint density at radius 3 is 2.70 bits per heavy atom. The molecular formula is C12H16ClN3O3S. The van der Waals surface area contributed by atoms with Gasteiger partial charge in [-0.15, -0.1) is 0 Å². The van der Waals surface area contributed by atoms with Crippen molar-refractivity contribution in [2.24, 2.45) is 5.73 Å². The van der Waals surface area contributed by atoms with E-state index in [1.807, 2.05) is 0 Å². The Hall–Kier alpha value is -1.31. The Morgan fingerprint density at radius 2 is 2.05 bits per heavy atom. The van der Waals surface area contributed by atoms with Crippen LogP contribution < -0.4 is 11.5 Å². The molecule has 20 heavy (non-hydrogen) atoms. The van der Waals surface area contributed by atoms with Gasteiger partial charge in [-0.25, -0.2) is 8.42 Å². The molecule has 110 valence electrons. The molecule has 2 rings (SSSR count). The highest BCUT2D eigenvalue weighted by Gasteiger charge is 2.37. The number of nitrogen functional groups attached to an aromatic ring is 1. The summed E-state index contributed by atoms with van der Waals surface area (Å²) in [5.74, 6) is -0.645. The number of halogens is 1. The summed E-state index contributed by atoms with van der Waals surface area (Å²) in [4.78, 5) is 11.4. The monoisotopic (exact) mass is 317 g/mol. The second kappa shape index (κ2) is 5.59. The number of carbonyl (C=O) groups excluding carboxylic acids is 1. The molecule has 1 aromatic rings. The first-order valence-corrected chi connectivity index (χ1v) is 8.02. The van der Waals surface area contributed by atoms with E-state index >= 15 is 0 Å². The summed E-state index contributed by atoms with van der Waals surface area (Å²) in [5.41, 5.74) is 11.2. The minimum atomic E-state index is -3.89. The van der Waals surface area contributed by atoms with E-state index in [4.69, 9.17) is 23.1 Å². The average molecular weight is 318 g/mol. The Labute approximate surface area is 122 Å². The van der Waals surface area contributed by atoms with Gasteiger partial charge in [0.15, 0.2) is 0 Å². The largest absolute Gasteiger partial charge is 0.399 e. The van der Waals surface area contributed by atoms with Crippen LogP contribution in [0.4, 0.5) is 5.69 Å². The van der Waals surface area contributed by atoms with Gasteiger partial charge >= 0.3 is 0 Å². The van der Waals surface area contributed by atoms with Crippen LogP contribution in [0.15, 0.2) is 23.1 Å². The summed E-state index contributed by atoms with van der Waals surface area (Å²) < 4.78 is 26.4. The van der Waals surface area contributed by atoms with Gasteiger partial charge in [0.25, 0.3) is 0 Å². The fourth-order valence-electron chi connectivity index (χ4n) is 2.32. The van der Waals surface area contributed by atoms with Crippen molar-refractivity contribution in [3.05, 3.63) is 23.2 Å². The molecular weight excluding hydrogens is 302 g/mol. The first-order chi connectivity index (χ1) is 9.34. The second-order valence-corrected chi connectivity index (χ2v) is 6.99. The first kappa shape index (κ1) is 15.1. The first-order valence-electron chi connectivity index (χ1n) is 6.20. The topological polar surface area (TPSA) is 106 Å².